The number of benzene rings is 2. The Morgan fingerprint density at radius 1 is 1.09 bits per heavy atom. The van der Waals surface area contributed by atoms with Crippen LogP contribution in [0.3, 0.4) is 0 Å². The van der Waals surface area contributed by atoms with E-state index in [0.717, 1.165) is 36.8 Å². The number of piperidine rings is 1. The normalized spacial score (nSPS) is 30.4. The Labute approximate surface area is 194 Å². The minimum atomic E-state index is -0.915. The van der Waals surface area contributed by atoms with Crippen LogP contribution in [-0.2, 0) is 15.6 Å². The van der Waals surface area contributed by atoms with Gasteiger partial charge in [-0.1, -0.05) is 31.2 Å². The molecule has 174 valence electrons. The molecule has 0 amide bonds. The van der Waals surface area contributed by atoms with Crippen molar-refractivity contribution in [3.8, 4) is 11.8 Å². The van der Waals surface area contributed by atoms with Crippen molar-refractivity contribution in [3.05, 3.63) is 65.5 Å². The van der Waals surface area contributed by atoms with E-state index < -0.39 is 16.8 Å². The second kappa shape index (κ2) is 9.15. The molecule has 2 aromatic carbocycles. The molecule has 2 unspecified atom stereocenters. The van der Waals surface area contributed by atoms with E-state index in [-0.39, 0.29) is 11.7 Å². The minimum Gasteiger partial charge on any atom is -0.497 e. The third kappa shape index (κ3) is 4.11. The number of nitrogens with zero attached hydrogens (tertiary/aromatic N) is 2. The average Bonchev–Trinajstić information content (AvgIpc) is 2.84. The van der Waals surface area contributed by atoms with Crippen LogP contribution < -0.4 is 4.74 Å². The third-order valence-corrected chi connectivity index (χ3v) is 8.07. The molecule has 6 heteroatoms. The van der Waals surface area contributed by atoms with Crippen LogP contribution in [0.5, 0.6) is 5.75 Å². The quantitative estimate of drug-likeness (QED) is 0.701. The van der Waals surface area contributed by atoms with Gasteiger partial charge in [0.25, 0.3) is 0 Å². The highest BCUT2D eigenvalue weighted by molar-refractivity contribution is 5.82. The summed E-state index contributed by atoms with van der Waals surface area (Å²) in [6.45, 7) is 3.45. The summed E-state index contributed by atoms with van der Waals surface area (Å²) in [5, 5.41) is 20.2. The Balaban J connectivity index is 1.47. The summed E-state index contributed by atoms with van der Waals surface area (Å²) < 4.78 is 18.6. The Morgan fingerprint density at radius 3 is 2.21 bits per heavy atom. The number of halogens is 1. The number of ether oxygens (including phenoxy) is 1. The number of likely N-dealkylation sites (tertiary alicyclic amines) is 1. The van der Waals surface area contributed by atoms with Crippen molar-refractivity contribution in [3.63, 3.8) is 0 Å². The number of carbonyl (C=O) groups is 1. The fourth-order valence-corrected chi connectivity index (χ4v) is 5.95. The average molecular weight is 451 g/mol. The van der Waals surface area contributed by atoms with Gasteiger partial charge in [-0.15, -0.1) is 0 Å². The van der Waals surface area contributed by atoms with E-state index in [2.05, 4.69) is 11.0 Å². The van der Waals surface area contributed by atoms with Gasteiger partial charge in [0, 0.05) is 12.6 Å². The second-order valence-corrected chi connectivity index (χ2v) is 9.58. The fourth-order valence-electron chi connectivity index (χ4n) is 5.95. The summed E-state index contributed by atoms with van der Waals surface area (Å²) in [5.74, 6) is -0.407. The molecule has 1 aliphatic carbocycles. The monoisotopic (exact) mass is 450 g/mol. The molecule has 4 rings (SSSR count). The van der Waals surface area contributed by atoms with Crippen molar-refractivity contribution in [2.24, 2.45) is 5.92 Å². The number of aliphatic carboxylic acids is 1. The Bertz CT molecular complexity index is 1020. The largest absolute Gasteiger partial charge is 0.497 e. The van der Waals surface area contributed by atoms with Gasteiger partial charge in [0.05, 0.1) is 24.0 Å². The van der Waals surface area contributed by atoms with Crippen LogP contribution in [0.1, 0.15) is 50.2 Å². The van der Waals surface area contributed by atoms with E-state index in [4.69, 9.17) is 4.74 Å². The Hall–Kier alpha value is -2.91. The minimum absolute atomic E-state index is 0.0584. The molecule has 0 aromatic heterocycles. The van der Waals surface area contributed by atoms with Gasteiger partial charge in [-0.3, -0.25) is 4.79 Å². The number of methoxy groups -OCH3 is 1. The number of hydrogen-bond acceptors (Lipinski definition) is 4. The standard InChI is InChI=1S/C27H31FN2O3/c1-19-17-30(16-15-27(19,25(31)32)21-5-9-24(33-2)10-6-21)23-11-13-26(18-29,14-12-23)20-3-7-22(28)8-4-20/h3-10,19,23H,11-17H2,1-2H3,(H,31,32). The number of hydrogen-bond donors (Lipinski definition) is 1. The lowest BCUT2D eigenvalue weighted by molar-refractivity contribution is -0.149. The highest BCUT2D eigenvalue weighted by Gasteiger charge is 2.50. The van der Waals surface area contributed by atoms with E-state index in [1.165, 1.54) is 12.1 Å². The first kappa shape index (κ1) is 23.3. The highest BCUT2D eigenvalue weighted by Crippen LogP contribution is 2.45. The molecule has 1 heterocycles. The number of rotatable bonds is 5. The van der Waals surface area contributed by atoms with Crippen LogP contribution in [0.2, 0.25) is 0 Å². The SMILES string of the molecule is COc1ccc(C2(C(=O)O)CCN(C3CCC(C#N)(c4ccc(F)cc4)CC3)CC2C)cc1. The predicted molar refractivity (Wildman–Crippen MR) is 124 cm³/mol. The summed E-state index contributed by atoms with van der Waals surface area (Å²) in [4.78, 5) is 14.9. The van der Waals surface area contributed by atoms with Crippen molar-refractivity contribution in [1.82, 2.24) is 4.90 Å². The van der Waals surface area contributed by atoms with Gasteiger partial charge in [-0.05, 0) is 80.0 Å². The predicted octanol–water partition coefficient (Wildman–Crippen LogP) is 4.90. The van der Waals surface area contributed by atoms with E-state index in [1.54, 1.807) is 19.2 Å². The maximum atomic E-state index is 13.4. The van der Waals surface area contributed by atoms with Crippen molar-refractivity contribution >= 4 is 5.97 Å². The van der Waals surface area contributed by atoms with E-state index in [9.17, 15) is 19.6 Å². The van der Waals surface area contributed by atoms with Crippen LogP contribution in [0.4, 0.5) is 4.39 Å². The van der Waals surface area contributed by atoms with Crippen LogP contribution in [0, 0.1) is 23.1 Å². The van der Waals surface area contributed by atoms with Crippen molar-refractivity contribution < 1.29 is 19.0 Å². The summed E-state index contributed by atoms with van der Waals surface area (Å²) in [6, 6.07) is 16.6. The van der Waals surface area contributed by atoms with Gasteiger partial charge in [0.2, 0.25) is 0 Å². The highest BCUT2D eigenvalue weighted by atomic mass is 19.1. The fraction of sp³-hybridized carbons (Fsp3) is 0.481. The van der Waals surface area contributed by atoms with Gasteiger partial charge in [0.1, 0.15) is 11.6 Å². The summed E-state index contributed by atoms with van der Waals surface area (Å²) >= 11 is 0. The van der Waals surface area contributed by atoms with Crippen molar-refractivity contribution in [1.29, 1.82) is 5.26 Å². The maximum absolute atomic E-state index is 13.4. The molecule has 33 heavy (non-hydrogen) atoms. The number of nitriles is 1. The molecule has 2 fully saturated rings. The maximum Gasteiger partial charge on any atom is 0.314 e. The first-order chi connectivity index (χ1) is 15.8. The zero-order valence-corrected chi connectivity index (χ0v) is 19.3. The first-order valence-electron chi connectivity index (χ1n) is 11.6. The molecule has 2 aromatic rings. The molecule has 1 aliphatic heterocycles. The van der Waals surface area contributed by atoms with Gasteiger partial charge >= 0.3 is 5.97 Å². The van der Waals surface area contributed by atoms with Crippen LogP contribution in [0.15, 0.2) is 48.5 Å². The molecule has 1 N–H and O–H groups in total. The Morgan fingerprint density at radius 2 is 1.70 bits per heavy atom. The van der Waals surface area contributed by atoms with Crippen LogP contribution in [0.25, 0.3) is 0 Å². The smallest absolute Gasteiger partial charge is 0.314 e. The molecule has 0 bridgehead atoms. The molecule has 0 spiro atoms. The van der Waals surface area contributed by atoms with E-state index in [0.29, 0.717) is 31.3 Å². The van der Waals surface area contributed by atoms with E-state index in [1.807, 2.05) is 31.2 Å². The third-order valence-electron chi connectivity index (χ3n) is 8.07. The lowest BCUT2D eigenvalue weighted by Gasteiger charge is -2.48. The van der Waals surface area contributed by atoms with Gasteiger partial charge < -0.3 is 14.7 Å². The topological polar surface area (TPSA) is 73.6 Å². The zero-order chi connectivity index (χ0) is 23.6. The first-order valence-corrected chi connectivity index (χ1v) is 11.6. The summed E-state index contributed by atoms with van der Waals surface area (Å²) in [6.07, 6.45) is 3.76. The lowest BCUT2D eigenvalue weighted by atomic mass is 9.65. The second-order valence-electron chi connectivity index (χ2n) is 9.58. The van der Waals surface area contributed by atoms with Crippen LogP contribution in [-0.4, -0.2) is 42.2 Å². The number of carboxylic acid groups (broad SMARTS) is 1. The summed E-state index contributed by atoms with van der Waals surface area (Å²) in [5.41, 5.74) is 0.231. The van der Waals surface area contributed by atoms with Gasteiger partial charge in [-0.2, -0.15) is 5.26 Å². The molecular weight excluding hydrogens is 419 g/mol. The lowest BCUT2D eigenvalue weighted by Crippen LogP contribution is -2.56. The molecule has 1 saturated carbocycles. The van der Waals surface area contributed by atoms with Crippen LogP contribution >= 0.6 is 0 Å². The molecular formula is C27H31FN2O3. The molecule has 5 nitrogen and oxygen atoms in total. The van der Waals surface area contributed by atoms with E-state index >= 15 is 0 Å². The molecule has 0 radical (unpaired) electrons. The summed E-state index contributed by atoms with van der Waals surface area (Å²) in [7, 11) is 1.60. The molecule has 2 aliphatic rings. The Kier molecular flexibility index (Phi) is 6.45. The van der Waals surface area contributed by atoms with Crippen molar-refractivity contribution in [2.75, 3.05) is 20.2 Å². The number of carboxylic acids is 1. The zero-order valence-electron chi connectivity index (χ0n) is 19.3. The van der Waals surface area contributed by atoms with Gasteiger partial charge in [0.15, 0.2) is 0 Å². The van der Waals surface area contributed by atoms with Crippen molar-refractivity contribution in [2.45, 2.75) is 55.9 Å². The van der Waals surface area contributed by atoms with Gasteiger partial charge in [-0.25, -0.2) is 4.39 Å². The molecule has 1 saturated heterocycles. The molecule has 2 atom stereocenters.